The van der Waals surface area contributed by atoms with Crippen molar-refractivity contribution in [1.82, 2.24) is 15.0 Å². The summed E-state index contributed by atoms with van der Waals surface area (Å²) in [6, 6.07) is 9.75. The topological polar surface area (TPSA) is 53.9 Å². The van der Waals surface area contributed by atoms with Gasteiger partial charge >= 0.3 is 0 Å². The highest BCUT2D eigenvalue weighted by molar-refractivity contribution is 7.14. The summed E-state index contributed by atoms with van der Waals surface area (Å²) in [6.45, 7) is 0. The minimum absolute atomic E-state index is 0.780. The lowest BCUT2D eigenvalue weighted by Crippen LogP contribution is -2.08. The predicted octanol–water partition coefficient (Wildman–Crippen LogP) is 3.41. The first-order valence-corrected chi connectivity index (χ1v) is 7.38. The number of nitrogens with zero attached hydrogens (tertiary/aromatic N) is 4. The van der Waals surface area contributed by atoms with Crippen LogP contribution in [0.15, 0.2) is 48.1 Å². The Morgan fingerprint density at radius 1 is 1.05 bits per heavy atom. The van der Waals surface area contributed by atoms with Gasteiger partial charge in [0.2, 0.25) is 0 Å². The maximum atomic E-state index is 4.53. The van der Waals surface area contributed by atoms with E-state index in [0.29, 0.717) is 0 Å². The zero-order valence-corrected chi connectivity index (χ0v) is 12.6. The maximum Gasteiger partial charge on any atom is 0.188 e. The van der Waals surface area contributed by atoms with Crippen LogP contribution in [-0.2, 0) is 0 Å². The molecule has 0 spiro atoms. The molecule has 5 nitrogen and oxygen atoms in total. The van der Waals surface area contributed by atoms with Gasteiger partial charge in [0.25, 0.3) is 0 Å². The Morgan fingerprint density at radius 2 is 1.95 bits per heavy atom. The van der Waals surface area contributed by atoms with Gasteiger partial charge in [0.1, 0.15) is 11.5 Å². The smallest absolute Gasteiger partial charge is 0.188 e. The second-order valence-corrected chi connectivity index (χ2v) is 5.53. The lowest BCUT2D eigenvalue weighted by Gasteiger charge is -2.11. The first-order chi connectivity index (χ1) is 10.2. The van der Waals surface area contributed by atoms with Gasteiger partial charge in [-0.25, -0.2) is 9.97 Å². The average molecular weight is 297 g/mol. The van der Waals surface area contributed by atoms with Gasteiger partial charge in [0, 0.05) is 25.7 Å². The van der Waals surface area contributed by atoms with Gasteiger partial charge in [-0.15, -0.1) is 11.3 Å². The van der Waals surface area contributed by atoms with Crippen molar-refractivity contribution in [3.8, 4) is 11.4 Å². The molecule has 0 unspecified atom stereocenters. The van der Waals surface area contributed by atoms with Crippen LogP contribution in [-0.4, -0.2) is 29.0 Å². The first-order valence-electron chi connectivity index (χ1n) is 6.50. The summed E-state index contributed by atoms with van der Waals surface area (Å²) >= 11 is 1.54. The van der Waals surface area contributed by atoms with E-state index >= 15 is 0 Å². The Bertz CT molecular complexity index is 706. The molecule has 3 heterocycles. The number of thiazole rings is 1. The monoisotopic (exact) mass is 297 g/mol. The number of nitrogens with one attached hydrogen (secondary N) is 1. The number of aromatic nitrogens is 3. The quantitative estimate of drug-likeness (QED) is 0.799. The number of hydrogen-bond donors (Lipinski definition) is 1. The molecule has 6 heteroatoms. The standard InChI is InChI=1S/C15H15N5S/c1-20(2)11-6-7-14(17-9-11)19-15-18-13(10-21-15)12-5-3-4-8-16-12/h3-10H,1-2H3,(H,17,18,19). The van der Waals surface area contributed by atoms with Crippen LogP contribution in [0.2, 0.25) is 0 Å². The number of anilines is 3. The fourth-order valence-electron chi connectivity index (χ4n) is 1.80. The highest BCUT2D eigenvalue weighted by atomic mass is 32.1. The van der Waals surface area contributed by atoms with E-state index in [4.69, 9.17) is 0 Å². The number of pyridine rings is 2. The largest absolute Gasteiger partial charge is 0.376 e. The molecule has 0 aromatic carbocycles. The molecule has 1 N–H and O–H groups in total. The van der Waals surface area contributed by atoms with Crippen molar-refractivity contribution in [2.45, 2.75) is 0 Å². The van der Waals surface area contributed by atoms with E-state index in [2.05, 4.69) is 20.3 Å². The molecule has 0 aliphatic carbocycles. The van der Waals surface area contributed by atoms with E-state index in [9.17, 15) is 0 Å². The third-order valence-electron chi connectivity index (χ3n) is 2.93. The van der Waals surface area contributed by atoms with E-state index in [1.165, 1.54) is 11.3 Å². The Hall–Kier alpha value is -2.47. The van der Waals surface area contributed by atoms with E-state index in [0.717, 1.165) is 28.0 Å². The molecule has 0 saturated heterocycles. The molecule has 0 aliphatic heterocycles. The van der Waals surface area contributed by atoms with Crippen LogP contribution in [0.1, 0.15) is 0 Å². The molecule has 0 bridgehead atoms. The van der Waals surface area contributed by atoms with E-state index < -0.39 is 0 Å². The first kappa shape index (κ1) is 13.5. The summed E-state index contributed by atoms with van der Waals surface area (Å²) in [6.07, 6.45) is 3.60. The third kappa shape index (κ3) is 3.17. The van der Waals surface area contributed by atoms with E-state index in [-0.39, 0.29) is 0 Å². The molecule has 0 aliphatic rings. The van der Waals surface area contributed by atoms with Crippen LogP contribution in [0.4, 0.5) is 16.6 Å². The third-order valence-corrected chi connectivity index (χ3v) is 3.69. The molecule has 0 amide bonds. The van der Waals surface area contributed by atoms with E-state index in [1.54, 1.807) is 6.20 Å². The second-order valence-electron chi connectivity index (χ2n) is 4.67. The number of rotatable bonds is 4. The van der Waals surface area contributed by atoms with Crippen molar-refractivity contribution in [3.05, 3.63) is 48.1 Å². The van der Waals surface area contributed by atoms with Gasteiger partial charge in [-0.05, 0) is 24.3 Å². The van der Waals surface area contributed by atoms with Gasteiger partial charge in [0.05, 0.1) is 17.6 Å². The normalized spacial score (nSPS) is 10.4. The summed E-state index contributed by atoms with van der Waals surface area (Å²) in [5, 5.41) is 6.00. The Morgan fingerprint density at radius 3 is 2.62 bits per heavy atom. The van der Waals surface area contributed by atoms with Crippen molar-refractivity contribution in [2.75, 3.05) is 24.3 Å². The minimum atomic E-state index is 0.780. The fourth-order valence-corrected chi connectivity index (χ4v) is 2.51. The van der Waals surface area contributed by atoms with Crippen molar-refractivity contribution < 1.29 is 0 Å². The van der Waals surface area contributed by atoms with Gasteiger partial charge in [0.15, 0.2) is 5.13 Å². The van der Waals surface area contributed by atoms with Crippen LogP contribution in [0.25, 0.3) is 11.4 Å². The molecule has 0 radical (unpaired) electrons. The molecular weight excluding hydrogens is 282 g/mol. The van der Waals surface area contributed by atoms with E-state index in [1.807, 2.05) is 60.9 Å². The second kappa shape index (κ2) is 5.88. The van der Waals surface area contributed by atoms with Crippen molar-refractivity contribution in [2.24, 2.45) is 0 Å². The Kier molecular flexibility index (Phi) is 3.79. The SMILES string of the molecule is CN(C)c1ccc(Nc2nc(-c3ccccn3)cs2)nc1. The molecule has 0 atom stereocenters. The minimum Gasteiger partial charge on any atom is -0.376 e. The van der Waals surface area contributed by atoms with Gasteiger partial charge in [-0.1, -0.05) is 6.07 Å². The molecule has 0 fully saturated rings. The van der Waals surface area contributed by atoms with Crippen LogP contribution < -0.4 is 10.2 Å². The Labute approximate surface area is 127 Å². The van der Waals surface area contributed by atoms with Gasteiger partial charge in [-0.3, -0.25) is 4.98 Å². The summed E-state index contributed by atoms with van der Waals surface area (Å²) in [7, 11) is 3.98. The van der Waals surface area contributed by atoms with Crippen LogP contribution in [0.5, 0.6) is 0 Å². The van der Waals surface area contributed by atoms with Gasteiger partial charge in [-0.2, -0.15) is 0 Å². The molecule has 3 aromatic rings. The van der Waals surface area contributed by atoms with Crippen molar-refractivity contribution in [3.63, 3.8) is 0 Å². The summed E-state index contributed by atoms with van der Waals surface area (Å²) in [5.74, 6) is 0.780. The summed E-state index contributed by atoms with van der Waals surface area (Å²) in [4.78, 5) is 15.2. The Balaban J connectivity index is 1.75. The molecule has 106 valence electrons. The molecular formula is C15H15N5S. The summed E-state index contributed by atoms with van der Waals surface area (Å²) in [5.41, 5.74) is 2.81. The lowest BCUT2D eigenvalue weighted by atomic mass is 10.3. The predicted molar refractivity (Wildman–Crippen MR) is 87.2 cm³/mol. The van der Waals surface area contributed by atoms with Crippen molar-refractivity contribution in [1.29, 1.82) is 0 Å². The van der Waals surface area contributed by atoms with Crippen LogP contribution in [0, 0.1) is 0 Å². The van der Waals surface area contributed by atoms with Crippen LogP contribution >= 0.6 is 11.3 Å². The summed E-state index contributed by atoms with van der Waals surface area (Å²) < 4.78 is 0. The maximum absolute atomic E-state index is 4.53. The molecule has 0 saturated carbocycles. The van der Waals surface area contributed by atoms with Crippen molar-refractivity contribution >= 4 is 28.0 Å². The zero-order chi connectivity index (χ0) is 14.7. The fraction of sp³-hybridized carbons (Fsp3) is 0.133. The van der Waals surface area contributed by atoms with Gasteiger partial charge < -0.3 is 10.2 Å². The number of hydrogen-bond acceptors (Lipinski definition) is 6. The molecule has 3 aromatic heterocycles. The average Bonchev–Trinajstić information content (AvgIpc) is 2.97. The lowest BCUT2D eigenvalue weighted by molar-refractivity contribution is 1.11. The zero-order valence-electron chi connectivity index (χ0n) is 11.8. The molecule has 3 rings (SSSR count). The highest BCUT2D eigenvalue weighted by Crippen LogP contribution is 2.25. The molecule has 21 heavy (non-hydrogen) atoms. The van der Waals surface area contributed by atoms with Crippen LogP contribution in [0.3, 0.4) is 0 Å². The highest BCUT2D eigenvalue weighted by Gasteiger charge is 2.06.